The van der Waals surface area contributed by atoms with Crippen LogP contribution in [-0.2, 0) is 19.6 Å². The van der Waals surface area contributed by atoms with Crippen molar-refractivity contribution >= 4 is 27.7 Å². The van der Waals surface area contributed by atoms with Crippen LogP contribution in [0.2, 0.25) is 0 Å². The Labute approximate surface area is 134 Å². The molecule has 1 atom stereocenters. The van der Waals surface area contributed by atoms with Crippen LogP contribution >= 0.6 is 0 Å². The number of carbonyl (C=O) groups excluding carboxylic acids is 1. The van der Waals surface area contributed by atoms with Crippen molar-refractivity contribution in [2.75, 3.05) is 18.8 Å². The van der Waals surface area contributed by atoms with Gasteiger partial charge in [-0.15, -0.1) is 4.40 Å². The Kier molecular flexibility index (Phi) is 4.88. The van der Waals surface area contributed by atoms with Gasteiger partial charge in [-0.25, -0.2) is 8.42 Å². The van der Waals surface area contributed by atoms with Crippen LogP contribution in [0.3, 0.4) is 0 Å². The second kappa shape index (κ2) is 6.53. The van der Waals surface area contributed by atoms with Gasteiger partial charge in [0.2, 0.25) is 0 Å². The molecule has 0 bridgehead atoms. The second-order valence-electron chi connectivity index (χ2n) is 5.43. The van der Waals surface area contributed by atoms with E-state index in [1.54, 1.807) is 11.8 Å². The number of nitrogens with zero attached hydrogens (tertiary/aromatic N) is 3. The van der Waals surface area contributed by atoms with Crippen LogP contribution in [0.25, 0.3) is 0 Å². The van der Waals surface area contributed by atoms with E-state index in [1.807, 2.05) is 6.92 Å². The number of hydrogen-bond donors (Lipinski definition) is 1. The van der Waals surface area contributed by atoms with E-state index >= 15 is 0 Å². The van der Waals surface area contributed by atoms with Crippen LogP contribution in [0.1, 0.15) is 20.3 Å². The monoisotopic (exact) mass is 341 g/mol. The summed E-state index contributed by atoms with van der Waals surface area (Å²) in [5.74, 6) is -1.33. The van der Waals surface area contributed by atoms with Crippen molar-refractivity contribution in [1.82, 2.24) is 9.80 Å². The van der Waals surface area contributed by atoms with E-state index in [0.29, 0.717) is 12.0 Å². The predicted molar refractivity (Wildman–Crippen MR) is 84.3 cm³/mol. The first-order valence-corrected chi connectivity index (χ1v) is 8.86. The summed E-state index contributed by atoms with van der Waals surface area (Å²) >= 11 is 0. The van der Waals surface area contributed by atoms with Crippen LogP contribution in [0.5, 0.6) is 0 Å². The van der Waals surface area contributed by atoms with Gasteiger partial charge in [-0.2, -0.15) is 0 Å². The van der Waals surface area contributed by atoms with Gasteiger partial charge in [0.05, 0.1) is 11.3 Å². The largest absolute Gasteiger partial charge is 0.480 e. The molecule has 2 heterocycles. The zero-order valence-electron chi connectivity index (χ0n) is 13.0. The third-order valence-electron chi connectivity index (χ3n) is 3.76. The number of carboxylic acids is 1. The van der Waals surface area contributed by atoms with Crippen molar-refractivity contribution in [3.63, 3.8) is 0 Å². The quantitative estimate of drug-likeness (QED) is 0.765. The minimum Gasteiger partial charge on any atom is -0.480 e. The summed E-state index contributed by atoms with van der Waals surface area (Å²) in [4.78, 5) is 26.5. The van der Waals surface area contributed by atoms with E-state index in [-0.39, 0.29) is 30.7 Å². The Hall–Kier alpha value is -2.16. The summed E-state index contributed by atoms with van der Waals surface area (Å²) in [6.45, 7) is 3.49. The summed E-state index contributed by atoms with van der Waals surface area (Å²) in [7, 11) is -3.45. The highest BCUT2D eigenvalue weighted by atomic mass is 32.2. The molecule has 0 fully saturated rings. The average molecular weight is 341 g/mol. The molecular formula is C14H19N3O5S. The summed E-state index contributed by atoms with van der Waals surface area (Å²) in [5.41, 5.74) is 0.310. The Bertz CT molecular complexity index is 708. The highest BCUT2D eigenvalue weighted by molar-refractivity contribution is 7.90. The lowest BCUT2D eigenvalue weighted by Gasteiger charge is -2.31. The molecule has 0 aliphatic carbocycles. The fraction of sp³-hybridized carbons (Fsp3) is 0.500. The number of carbonyl (C=O) groups is 2. The molecule has 8 nitrogen and oxygen atoms in total. The topological polar surface area (TPSA) is 107 Å². The van der Waals surface area contributed by atoms with E-state index in [2.05, 4.69) is 4.40 Å². The van der Waals surface area contributed by atoms with Gasteiger partial charge in [-0.1, -0.05) is 6.92 Å². The molecule has 0 saturated carbocycles. The van der Waals surface area contributed by atoms with Gasteiger partial charge in [0.15, 0.2) is 0 Å². The van der Waals surface area contributed by atoms with E-state index in [1.165, 1.54) is 23.3 Å². The molecule has 2 aliphatic rings. The molecule has 0 saturated heterocycles. The van der Waals surface area contributed by atoms with Gasteiger partial charge in [0.1, 0.15) is 12.4 Å². The fourth-order valence-corrected chi connectivity index (χ4v) is 3.26. The lowest BCUT2D eigenvalue weighted by molar-refractivity contribution is -0.144. The fourth-order valence-electron chi connectivity index (χ4n) is 2.29. The van der Waals surface area contributed by atoms with Gasteiger partial charge in [-0.3, -0.25) is 9.59 Å². The molecule has 1 unspecified atom stereocenters. The molecule has 2 aliphatic heterocycles. The normalized spacial score (nSPS) is 20.2. The van der Waals surface area contributed by atoms with E-state index < -0.39 is 21.9 Å². The maximum atomic E-state index is 12.6. The third kappa shape index (κ3) is 3.98. The maximum Gasteiger partial charge on any atom is 0.323 e. The summed E-state index contributed by atoms with van der Waals surface area (Å²) in [6, 6.07) is -0.218. The van der Waals surface area contributed by atoms with E-state index in [4.69, 9.17) is 5.11 Å². The SMILES string of the molecule is CCC(C)N(CC(=O)O)C(=O)C1=CN2CCS(=O)(=O)N=C2C=C1. The molecule has 2 rings (SSSR count). The number of fused-ring (bicyclic) bond motifs is 1. The van der Waals surface area contributed by atoms with Gasteiger partial charge < -0.3 is 14.9 Å². The molecule has 1 N–H and O–H groups in total. The number of amidine groups is 1. The summed E-state index contributed by atoms with van der Waals surface area (Å²) < 4.78 is 26.6. The molecule has 0 aromatic carbocycles. The van der Waals surface area contributed by atoms with Crippen LogP contribution in [0.4, 0.5) is 0 Å². The van der Waals surface area contributed by atoms with Crippen molar-refractivity contribution < 1.29 is 23.1 Å². The molecular weight excluding hydrogens is 322 g/mol. The van der Waals surface area contributed by atoms with Crippen LogP contribution in [-0.4, -0.2) is 65.9 Å². The number of hydrogen-bond acceptors (Lipinski definition) is 5. The number of amides is 1. The Morgan fingerprint density at radius 3 is 2.74 bits per heavy atom. The highest BCUT2D eigenvalue weighted by Crippen LogP contribution is 2.18. The Balaban J connectivity index is 2.25. The molecule has 9 heteroatoms. The molecule has 1 amide bonds. The van der Waals surface area contributed by atoms with Gasteiger partial charge >= 0.3 is 5.97 Å². The first-order chi connectivity index (χ1) is 10.7. The maximum absolute atomic E-state index is 12.6. The molecule has 0 spiro atoms. The van der Waals surface area contributed by atoms with Crippen molar-refractivity contribution in [3.05, 3.63) is 23.9 Å². The van der Waals surface area contributed by atoms with Gasteiger partial charge in [0.25, 0.3) is 15.9 Å². The summed E-state index contributed by atoms with van der Waals surface area (Å²) in [5, 5.41) is 8.99. The van der Waals surface area contributed by atoms with Crippen LogP contribution in [0.15, 0.2) is 28.3 Å². The Morgan fingerprint density at radius 1 is 1.43 bits per heavy atom. The summed E-state index contributed by atoms with van der Waals surface area (Å²) in [6.07, 6.45) is 5.08. The standard InChI is InChI=1S/C14H19N3O5S/c1-3-10(2)17(9-13(18)19)14(20)11-4-5-12-15-23(21,22)7-6-16(12)8-11/h4-5,8,10H,3,6-7,9H2,1-2H3,(H,18,19). The van der Waals surface area contributed by atoms with Crippen molar-refractivity contribution in [3.8, 4) is 0 Å². The molecule has 126 valence electrons. The van der Waals surface area contributed by atoms with Crippen molar-refractivity contribution in [2.45, 2.75) is 26.3 Å². The lowest BCUT2D eigenvalue weighted by Crippen LogP contribution is -2.44. The van der Waals surface area contributed by atoms with Gasteiger partial charge in [-0.05, 0) is 25.5 Å². The zero-order chi connectivity index (χ0) is 17.2. The third-order valence-corrected chi connectivity index (χ3v) is 4.92. The highest BCUT2D eigenvalue weighted by Gasteiger charge is 2.28. The van der Waals surface area contributed by atoms with Gasteiger partial charge in [0, 0.05) is 18.8 Å². The smallest absolute Gasteiger partial charge is 0.323 e. The van der Waals surface area contributed by atoms with Crippen LogP contribution in [0, 0.1) is 0 Å². The Morgan fingerprint density at radius 2 is 2.13 bits per heavy atom. The number of sulfonamides is 1. The number of aliphatic carboxylic acids is 1. The minimum absolute atomic E-state index is 0.119. The minimum atomic E-state index is -3.45. The van der Waals surface area contributed by atoms with E-state index in [9.17, 15) is 18.0 Å². The van der Waals surface area contributed by atoms with E-state index in [0.717, 1.165) is 0 Å². The average Bonchev–Trinajstić information content (AvgIpc) is 2.49. The predicted octanol–water partition coefficient (Wildman–Crippen LogP) is 0.196. The van der Waals surface area contributed by atoms with Crippen molar-refractivity contribution in [1.29, 1.82) is 0 Å². The molecule has 23 heavy (non-hydrogen) atoms. The first-order valence-electron chi connectivity index (χ1n) is 7.25. The van der Waals surface area contributed by atoms with Crippen molar-refractivity contribution in [2.24, 2.45) is 4.40 Å². The lowest BCUT2D eigenvalue weighted by atomic mass is 10.1. The number of carboxylic acid groups (broad SMARTS) is 1. The molecule has 0 aromatic rings. The molecule has 0 aromatic heterocycles. The number of rotatable bonds is 5. The first kappa shape index (κ1) is 17.2. The van der Waals surface area contributed by atoms with Crippen LogP contribution < -0.4 is 0 Å². The zero-order valence-corrected chi connectivity index (χ0v) is 13.8. The molecule has 0 radical (unpaired) electrons. The second-order valence-corrected chi connectivity index (χ2v) is 7.19.